The molecule has 4 rings (SSSR count). The second-order valence-electron chi connectivity index (χ2n) is 7.67. The Morgan fingerprint density at radius 1 is 1.03 bits per heavy atom. The van der Waals surface area contributed by atoms with Crippen LogP contribution in [-0.2, 0) is 22.4 Å². The average molecular weight is 450 g/mol. The number of nitrogens with zero attached hydrogens (tertiary/aromatic N) is 1. The first-order chi connectivity index (χ1) is 15.7. The lowest BCUT2D eigenvalue weighted by molar-refractivity contribution is -0.139. The molecule has 2 aromatic carbocycles. The molecule has 0 saturated carbocycles. The van der Waals surface area contributed by atoms with Gasteiger partial charge in [-0.1, -0.05) is 36.4 Å². The van der Waals surface area contributed by atoms with E-state index in [2.05, 4.69) is 39.8 Å². The number of hydrogen-bond donors (Lipinski definition) is 2. The molecule has 0 aliphatic carbocycles. The maximum absolute atomic E-state index is 12.4. The Bertz CT molecular complexity index is 1050. The molecule has 0 spiro atoms. The molecule has 2 amide bonds. The number of anilines is 1. The minimum atomic E-state index is -0.606. The summed E-state index contributed by atoms with van der Waals surface area (Å²) in [6.07, 6.45) is 1.63. The van der Waals surface area contributed by atoms with Crippen LogP contribution in [0.4, 0.5) is 5.69 Å². The number of carbonyl (C=O) groups excluding carboxylic acids is 2. The predicted molar refractivity (Wildman–Crippen MR) is 127 cm³/mol. The third-order valence-electron chi connectivity index (χ3n) is 5.69. The third-order valence-corrected chi connectivity index (χ3v) is 6.66. The van der Waals surface area contributed by atoms with E-state index in [1.54, 1.807) is 18.4 Å². The van der Waals surface area contributed by atoms with E-state index in [0.29, 0.717) is 19.5 Å². The number of thiophene rings is 1. The van der Waals surface area contributed by atoms with E-state index in [-0.39, 0.29) is 6.04 Å². The van der Waals surface area contributed by atoms with Crippen molar-refractivity contribution in [1.82, 2.24) is 10.6 Å². The number of para-hydroxylation sites is 1. The molecule has 2 N–H and O–H groups in total. The quantitative estimate of drug-likeness (QED) is 0.518. The molecule has 1 aliphatic heterocycles. The summed E-state index contributed by atoms with van der Waals surface area (Å²) in [6, 6.07) is 20.1. The van der Waals surface area contributed by atoms with Gasteiger partial charge in [0.15, 0.2) is 0 Å². The van der Waals surface area contributed by atoms with Crippen LogP contribution in [0.15, 0.2) is 66.0 Å². The molecule has 7 heteroatoms. The van der Waals surface area contributed by atoms with E-state index in [1.807, 2.05) is 41.8 Å². The molecule has 0 radical (unpaired) electrons. The lowest BCUT2D eigenvalue weighted by Crippen LogP contribution is -2.44. The summed E-state index contributed by atoms with van der Waals surface area (Å²) in [5, 5.41) is 7.59. The normalized spacial score (nSPS) is 13.3. The lowest BCUT2D eigenvalue weighted by atomic mass is 10.1. The fraction of sp³-hybridized carbons (Fsp3) is 0.280. The molecular weight excluding hydrogens is 422 g/mol. The van der Waals surface area contributed by atoms with Crippen LogP contribution in [0.2, 0.25) is 0 Å². The van der Waals surface area contributed by atoms with Gasteiger partial charge in [0.05, 0.1) is 13.2 Å². The second kappa shape index (κ2) is 10.3. The number of amides is 2. The molecule has 1 aromatic heterocycles. The number of fused-ring (bicyclic) bond motifs is 1. The largest absolute Gasteiger partial charge is 0.497 e. The van der Waals surface area contributed by atoms with E-state index >= 15 is 0 Å². The van der Waals surface area contributed by atoms with Gasteiger partial charge in [-0.15, -0.1) is 11.3 Å². The summed E-state index contributed by atoms with van der Waals surface area (Å²) in [4.78, 5) is 28.2. The molecule has 3 aromatic rings. The zero-order valence-electron chi connectivity index (χ0n) is 18.0. The van der Waals surface area contributed by atoms with Gasteiger partial charge in [0.25, 0.3) is 0 Å². The molecule has 166 valence electrons. The zero-order chi connectivity index (χ0) is 22.3. The summed E-state index contributed by atoms with van der Waals surface area (Å²) in [5.74, 6) is -0.419. The summed E-state index contributed by atoms with van der Waals surface area (Å²) < 4.78 is 5.15. The van der Waals surface area contributed by atoms with Crippen LogP contribution in [0.1, 0.15) is 22.0 Å². The van der Waals surface area contributed by atoms with Crippen molar-refractivity contribution in [2.75, 3.05) is 31.6 Å². The highest BCUT2D eigenvalue weighted by Gasteiger charge is 2.28. The molecule has 6 nitrogen and oxygen atoms in total. The summed E-state index contributed by atoms with van der Waals surface area (Å²) in [7, 11) is 1.62. The Morgan fingerprint density at radius 2 is 1.81 bits per heavy atom. The highest BCUT2D eigenvalue weighted by molar-refractivity contribution is 7.10. The van der Waals surface area contributed by atoms with Crippen LogP contribution < -0.4 is 20.3 Å². The summed E-state index contributed by atoms with van der Waals surface area (Å²) in [6.45, 7) is 1.66. The molecule has 1 atom stereocenters. The molecule has 2 heterocycles. The van der Waals surface area contributed by atoms with Gasteiger partial charge in [-0.05, 0) is 53.6 Å². The Kier molecular flexibility index (Phi) is 7.07. The SMILES string of the molecule is COc1ccc(CCNC(=O)C(=O)NC[C@H](c2cccs2)N2CCc3ccccc32)cc1. The zero-order valence-corrected chi connectivity index (χ0v) is 18.9. The fourth-order valence-electron chi connectivity index (χ4n) is 4.00. The first-order valence-electron chi connectivity index (χ1n) is 10.7. The molecule has 1 aliphatic rings. The molecule has 32 heavy (non-hydrogen) atoms. The van der Waals surface area contributed by atoms with Crippen molar-refractivity contribution in [3.8, 4) is 5.75 Å². The van der Waals surface area contributed by atoms with E-state index < -0.39 is 11.8 Å². The van der Waals surface area contributed by atoms with Gasteiger partial charge in [-0.2, -0.15) is 0 Å². The number of ether oxygens (including phenoxy) is 1. The lowest BCUT2D eigenvalue weighted by Gasteiger charge is -2.30. The number of rotatable bonds is 8. The van der Waals surface area contributed by atoms with Gasteiger partial charge in [0.2, 0.25) is 0 Å². The van der Waals surface area contributed by atoms with Gasteiger partial charge in [0.1, 0.15) is 5.75 Å². The Morgan fingerprint density at radius 3 is 2.56 bits per heavy atom. The molecular formula is C25H27N3O3S. The van der Waals surface area contributed by atoms with Gasteiger partial charge in [0, 0.05) is 30.2 Å². The van der Waals surface area contributed by atoms with Crippen LogP contribution >= 0.6 is 11.3 Å². The molecule has 0 unspecified atom stereocenters. The van der Waals surface area contributed by atoms with E-state index in [1.165, 1.54) is 16.1 Å². The number of nitrogens with one attached hydrogen (secondary N) is 2. The van der Waals surface area contributed by atoms with Crippen molar-refractivity contribution in [2.45, 2.75) is 18.9 Å². The van der Waals surface area contributed by atoms with E-state index in [0.717, 1.165) is 24.3 Å². The Hall–Kier alpha value is -3.32. The summed E-state index contributed by atoms with van der Waals surface area (Å²) >= 11 is 1.66. The smallest absolute Gasteiger partial charge is 0.309 e. The van der Waals surface area contributed by atoms with Crippen molar-refractivity contribution in [3.63, 3.8) is 0 Å². The van der Waals surface area contributed by atoms with Crippen LogP contribution in [0.25, 0.3) is 0 Å². The molecule has 0 bridgehead atoms. The third kappa shape index (κ3) is 5.11. The van der Waals surface area contributed by atoms with Crippen molar-refractivity contribution >= 4 is 28.8 Å². The van der Waals surface area contributed by atoms with Crippen molar-refractivity contribution in [1.29, 1.82) is 0 Å². The highest BCUT2D eigenvalue weighted by atomic mass is 32.1. The van der Waals surface area contributed by atoms with Crippen molar-refractivity contribution in [3.05, 3.63) is 82.0 Å². The molecule has 0 saturated heterocycles. The maximum Gasteiger partial charge on any atom is 0.309 e. The van der Waals surface area contributed by atoms with E-state index in [4.69, 9.17) is 4.74 Å². The van der Waals surface area contributed by atoms with Crippen molar-refractivity contribution in [2.24, 2.45) is 0 Å². The standard InChI is InChI=1S/C25H27N3O3S/c1-31-20-10-8-18(9-11-20)12-14-26-24(29)25(30)27-17-22(23-7-4-16-32-23)28-15-13-19-5-2-3-6-21(19)28/h2-11,16,22H,12-15,17H2,1H3,(H,26,29)(H,27,30)/t22-/m1/s1. The van der Waals surface area contributed by atoms with Crippen LogP contribution in [0.3, 0.4) is 0 Å². The number of carbonyl (C=O) groups is 2. The Labute approximate surface area is 192 Å². The van der Waals surface area contributed by atoms with Gasteiger partial charge < -0.3 is 20.3 Å². The minimum absolute atomic E-state index is 0.00491. The summed E-state index contributed by atoms with van der Waals surface area (Å²) in [5.41, 5.74) is 3.58. The minimum Gasteiger partial charge on any atom is -0.497 e. The first kappa shape index (κ1) is 21.9. The van der Waals surface area contributed by atoms with Crippen LogP contribution in [0.5, 0.6) is 5.75 Å². The Balaban J connectivity index is 1.32. The highest BCUT2D eigenvalue weighted by Crippen LogP contribution is 2.36. The van der Waals surface area contributed by atoms with Gasteiger partial charge >= 0.3 is 11.8 Å². The number of methoxy groups -OCH3 is 1. The number of hydrogen-bond acceptors (Lipinski definition) is 5. The van der Waals surface area contributed by atoms with Gasteiger partial charge in [-0.3, -0.25) is 9.59 Å². The first-order valence-corrected chi connectivity index (χ1v) is 11.6. The second-order valence-corrected chi connectivity index (χ2v) is 8.65. The molecule has 0 fully saturated rings. The monoisotopic (exact) mass is 449 g/mol. The average Bonchev–Trinajstić information content (AvgIpc) is 3.50. The fourth-order valence-corrected chi connectivity index (χ4v) is 4.83. The van der Waals surface area contributed by atoms with Gasteiger partial charge in [-0.25, -0.2) is 0 Å². The topological polar surface area (TPSA) is 70.7 Å². The predicted octanol–water partition coefficient (Wildman–Crippen LogP) is 3.34. The van der Waals surface area contributed by atoms with E-state index in [9.17, 15) is 9.59 Å². The van der Waals surface area contributed by atoms with Crippen LogP contribution in [-0.4, -0.2) is 38.6 Å². The number of benzene rings is 2. The maximum atomic E-state index is 12.4. The van der Waals surface area contributed by atoms with Crippen LogP contribution in [0, 0.1) is 0 Å². The van der Waals surface area contributed by atoms with Crippen molar-refractivity contribution < 1.29 is 14.3 Å².